The Bertz CT molecular complexity index is 487. The standard InChI is InChI=1S/C16H23NO3/c1-11-7-17-13(3)12(2)15(11)18-8-14-9-19-16(20-10-14)5-4-6-16/h7,14H,4-6,8-10H2,1-3H3. The van der Waals surface area contributed by atoms with Crippen molar-refractivity contribution in [1.82, 2.24) is 4.98 Å². The largest absolute Gasteiger partial charge is 0.492 e. The van der Waals surface area contributed by atoms with E-state index in [1.807, 2.05) is 20.0 Å². The molecule has 0 atom stereocenters. The highest BCUT2D eigenvalue weighted by Crippen LogP contribution is 2.39. The number of rotatable bonds is 3. The van der Waals surface area contributed by atoms with Crippen LogP contribution in [0.2, 0.25) is 0 Å². The van der Waals surface area contributed by atoms with Crippen LogP contribution >= 0.6 is 0 Å². The van der Waals surface area contributed by atoms with E-state index in [9.17, 15) is 0 Å². The van der Waals surface area contributed by atoms with Crippen molar-refractivity contribution in [3.05, 3.63) is 23.0 Å². The number of hydrogen-bond acceptors (Lipinski definition) is 4. The summed E-state index contributed by atoms with van der Waals surface area (Å²) in [5.74, 6) is 1.03. The lowest BCUT2D eigenvalue weighted by Gasteiger charge is -2.45. The number of pyridine rings is 1. The van der Waals surface area contributed by atoms with Crippen LogP contribution in [-0.2, 0) is 9.47 Å². The highest BCUT2D eigenvalue weighted by Gasteiger charge is 2.43. The Morgan fingerprint density at radius 3 is 2.55 bits per heavy atom. The zero-order valence-corrected chi connectivity index (χ0v) is 12.6. The van der Waals surface area contributed by atoms with E-state index in [-0.39, 0.29) is 5.79 Å². The normalized spacial score (nSPS) is 21.8. The van der Waals surface area contributed by atoms with E-state index in [1.54, 1.807) is 0 Å². The molecule has 1 saturated carbocycles. The lowest BCUT2D eigenvalue weighted by Crippen LogP contribution is -2.50. The first-order valence-electron chi connectivity index (χ1n) is 7.43. The summed E-state index contributed by atoms with van der Waals surface area (Å²) in [5.41, 5.74) is 3.23. The number of hydrogen-bond donors (Lipinski definition) is 0. The Balaban J connectivity index is 1.56. The summed E-state index contributed by atoms with van der Waals surface area (Å²) in [6.45, 7) is 8.22. The van der Waals surface area contributed by atoms with Crippen molar-refractivity contribution in [2.45, 2.75) is 45.8 Å². The quantitative estimate of drug-likeness (QED) is 0.851. The molecule has 1 aliphatic heterocycles. The van der Waals surface area contributed by atoms with Gasteiger partial charge >= 0.3 is 0 Å². The molecule has 4 nitrogen and oxygen atoms in total. The first-order valence-corrected chi connectivity index (χ1v) is 7.43. The van der Waals surface area contributed by atoms with Crippen LogP contribution in [0.1, 0.15) is 36.1 Å². The molecular weight excluding hydrogens is 254 g/mol. The van der Waals surface area contributed by atoms with E-state index in [0.717, 1.165) is 48.6 Å². The van der Waals surface area contributed by atoms with Crippen LogP contribution in [0.25, 0.3) is 0 Å². The topological polar surface area (TPSA) is 40.6 Å². The molecule has 1 aromatic heterocycles. The zero-order valence-electron chi connectivity index (χ0n) is 12.6. The molecule has 0 amide bonds. The molecule has 110 valence electrons. The lowest BCUT2D eigenvalue weighted by atomic mass is 9.90. The molecule has 1 saturated heterocycles. The molecule has 0 N–H and O–H groups in total. The van der Waals surface area contributed by atoms with E-state index in [0.29, 0.717) is 12.5 Å². The zero-order chi connectivity index (χ0) is 14.2. The molecule has 20 heavy (non-hydrogen) atoms. The molecule has 0 radical (unpaired) electrons. The third-order valence-corrected chi connectivity index (χ3v) is 4.44. The van der Waals surface area contributed by atoms with E-state index in [1.165, 1.54) is 6.42 Å². The smallest absolute Gasteiger partial charge is 0.168 e. The van der Waals surface area contributed by atoms with E-state index < -0.39 is 0 Å². The first kappa shape index (κ1) is 13.8. The van der Waals surface area contributed by atoms with Gasteiger partial charge < -0.3 is 14.2 Å². The van der Waals surface area contributed by atoms with Gasteiger partial charge in [0.15, 0.2) is 5.79 Å². The van der Waals surface area contributed by atoms with Crippen molar-refractivity contribution in [2.24, 2.45) is 5.92 Å². The minimum absolute atomic E-state index is 0.240. The van der Waals surface area contributed by atoms with Gasteiger partial charge in [-0.2, -0.15) is 0 Å². The SMILES string of the molecule is Cc1cnc(C)c(C)c1OCC1COC2(CCC2)OC1. The van der Waals surface area contributed by atoms with Crippen LogP contribution in [0, 0.1) is 26.7 Å². The number of ether oxygens (including phenoxy) is 3. The predicted octanol–water partition coefficient (Wildman–Crippen LogP) is 2.93. The summed E-state index contributed by atoms with van der Waals surface area (Å²) in [7, 11) is 0. The van der Waals surface area contributed by atoms with Crippen LogP contribution in [-0.4, -0.2) is 30.6 Å². The summed E-state index contributed by atoms with van der Waals surface area (Å²) in [6, 6.07) is 0. The Hall–Kier alpha value is -1.13. The van der Waals surface area contributed by atoms with Crippen molar-refractivity contribution in [2.75, 3.05) is 19.8 Å². The molecule has 0 aromatic carbocycles. The molecule has 3 rings (SSSR count). The van der Waals surface area contributed by atoms with Crippen LogP contribution in [0.4, 0.5) is 0 Å². The molecular formula is C16H23NO3. The summed E-state index contributed by atoms with van der Waals surface area (Å²) in [6.07, 6.45) is 5.18. The van der Waals surface area contributed by atoms with Gasteiger partial charge in [-0.25, -0.2) is 0 Å². The lowest BCUT2D eigenvalue weighted by molar-refractivity contribution is -0.318. The van der Waals surface area contributed by atoms with Gasteiger partial charge in [-0.15, -0.1) is 0 Å². The maximum atomic E-state index is 6.01. The average molecular weight is 277 g/mol. The minimum Gasteiger partial charge on any atom is -0.492 e. The van der Waals surface area contributed by atoms with E-state index in [4.69, 9.17) is 14.2 Å². The Morgan fingerprint density at radius 1 is 1.25 bits per heavy atom. The van der Waals surface area contributed by atoms with Gasteiger partial charge in [0, 0.05) is 41.8 Å². The van der Waals surface area contributed by atoms with Crippen LogP contribution in [0.3, 0.4) is 0 Å². The van der Waals surface area contributed by atoms with Gasteiger partial charge in [0.05, 0.1) is 19.8 Å². The predicted molar refractivity (Wildman–Crippen MR) is 75.9 cm³/mol. The summed E-state index contributed by atoms with van der Waals surface area (Å²) in [4.78, 5) is 4.34. The minimum atomic E-state index is -0.240. The second-order valence-corrected chi connectivity index (χ2v) is 6.04. The monoisotopic (exact) mass is 277 g/mol. The van der Waals surface area contributed by atoms with Gasteiger partial charge in [-0.1, -0.05) is 0 Å². The van der Waals surface area contributed by atoms with Crippen molar-refractivity contribution in [1.29, 1.82) is 0 Å². The third-order valence-electron chi connectivity index (χ3n) is 4.44. The van der Waals surface area contributed by atoms with Gasteiger partial charge in [0.2, 0.25) is 0 Å². The maximum absolute atomic E-state index is 6.01. The molecule has 4 heteroatoms. The summed E-state index contributed by atoms with van der Waals surface area (Å²) < 4.78 is 17.8. The molecule has 1 aromatic rings. The Morgan fingerprint density at radius 2 is 1.95 bits per heavy atom. The van der Waals surface area contributed by atoms with Crippen molar-refractivity contribution in [3.63, 3.8) is 0 Å². The molecule has 0 bridgehead atoms. The number of aromatic nitrogens is 1. The van der Waals surface area contributed by atoms with Crippen LogP contribution in [0.15, 0.2) is 6.20 Å². The van der Waals surface area contributed by atoms with Crippen molar-refractivity contribution < 1.29 is 14.2 Å². The van der Waals surface area contributed by atoms with Gasteiger partial charge in [-0.3, -0.25) is 4.98 Å². The fourth-order valence-electron chi connectivity index (χ4n) is 2.71. The third kappa shape index (κ3) is 2.54. The second kappa shape index (κ2) is 5.34. The fourth-order valence-corrected chi connectivity index (χ4v) is 2.71. The average Bonchev–Trinajstić information content (AvgIpc) is 2.42. The van der Waals surface area contributed by atoms with E-state index in [2.05, 4.69) is 11.9 Å². The fraction of sp³-hybridized carbons (Fsp3) is 0.688. The molecule has 0 unspecified atom stereocenters. The second-order valence-electron chi connectivity index (χ2n) is 6.04. The summed E-state index contributed by atoms with van der Waals surface area (Å²) >= 11 is 0. The highest BCUT2D eigenvalue weighted by molar-refractivity contribution is 5.40. The molecule has 2 fully saturated rings. The van der Waals surface area contributed by atoms with Crippen molar-refractivity contribution >= 4 is 0 Å². The highest BCUT2D eigenvalue weighted by atomic mass is 16.7. The van der Waals surface area contributed by atoms with Gasteiger partial charge in [0.25, 0.3) is 0 Å². The molecule has 1 aliphatic carbocycles. The van der Waals surface area contributed by atoms with E-state index >= 15 is 0 Å². The number of aryl methyl sites for hydroxylation is 2. The summed E-state index contributed by atoms with van der Waals surface area (Å²) in [5, 5.41) is 0. The van der Waals surface area contributed by atoms with Crippen molar-refractivity contribution in [3.8, 4) is 5.75 Å². The molecule has 1 spiro atoms. The van der Waals surface area contributed by atoms with Gasteiger partial charge in [0.1, 0.15) is 5.75 Å². The van der Waals surface area contributed by atoms with Crippen LogP contribution in [0.5, 0.6) is 5.75 Å². The van der Waals surface area contributed by atoms with Gasteiger partial charge in [-0.05, 0) is 27.2 Å². The number of nitrogens with zero attached hydrogens (tertiary/aromatic N) is 1. The molecule has 2 aliphatic rings. The van der Waals surface area contributed by atoms with Crippen LogP contribution < -0.4 is 4.74 Å². The Kier molecular flexibility index (Phi) is 3.69. The molecule has 2 heterocycles. The first-order chi connectivity index (χ1) is 9.60. The maximum Gasteiger partial charge on any atom is 0.168 e. The Labute approximate surface area is 120 Å².